The molecule has 0 amide bonds. The molecule has 0 spiro atoms. The summed E-state index contributed by atoms with van der Waals surface area (Å²) in [5.74, 6) is 0. The van der Waals surface area contributed by atoms with Gasteiger partial charge in [0.05, 0.1) is 11.9 Å². The van der Waals surface area contributed by atoms with E-state index in [9.17, 15) is 0 Å². The van der Waals surface area contributed by atoms with E-state index in [0.717, 1.165) is 11.3 Å². The molecule has 0 radical (unpaired) electrons. The Labute approximate surface area is 262 Å². The van der Waals surface area contributed by atoms with Crippen molar-refractivity contribution < 1.29 is 0 Å². The summed E-state index contributed by atoms with van der Waals surface area (Å²) in [6.45, 7) is 4.71. The lowest BCUT2D eigenvalue weighted by molar-refractivity contribution is 0.660. The Kier molecular flexibility index (Phi) is 5.58. The average molecular weight is 575 g/mol. The summed E-state index contributed by atoms with van der Waals surface area (Å²) in [5.41, 5.74) is 12.3. The van der Waals surface area contributed by atoms with E-state index < -0.39 is 0 Å². The fourth-order valence-electron chi connectivity index (χ4n) is 7.78. The second-order valence-corrected chi connectivity index (χ2v) is 12.6. The number of hydrogen-bond donors (Lipinski definition) is 0. The minimum absolute atomic E-state index is 0.0821. The molecule has 1 heterocycles. The number of hydrogen-bond acceptors (Lipinski definition) is 2. The third-order valence-electron chi connectivity index (χ3n) is 9.82. The van der Waals surface area contributed by atoms with Crippen LogP contribution >= 0.6 is 0 Å². The summed E-state index contributed by atoms with van der Waals surface area (Å²) in [7, 11) is 0. The first-order valence-corrected chi connectivity index (χ1v) is 15.6. The molecular weight excluding hydrogens is 544 g/mol. The van der Waals surface area contributed by atoms with Gasteiger partial charge in [-0.3, -0.25) is 9.97 Å². The molecule has 0 N–H and O–H groups in total. The van der Waals surface area contributed by atoms with E-state index in [1.165, 1.54) is 76.8 Å². The van der Waals surface area contributed by atoms with Crippen LogP contribution < -0.4 is 0 Å². The molecule has 0 bridgehead atoms. The third kappa shape index (κ3) is 3.76. The maximum atomic E-state index is 4.82. The van der Waals surface area contributed by atoms with Gasteiger partial charge in [0, 0.05) is 23.4 Å². The lowest BCUT2D eigenvalue weighted by atomic mass is 9.80. The standard InChI is InChI=1S/C43H30N2/c1-43(2)37-19-8-7-16-34(37)41-35(18-10-20-38(41)43)40-31-14-5-6-15-32(31)42(39-26-44-23-24-45-39)33-22-21-28(25-36(33)40)30-17-9-12-27-11-3-4-13-29(27)30/h3-26H,1-2H3. The van der Waals surface area contributed by atoms with Gasteiger partial charge in [0.2, 0.25) is 0 Å². The molecule has 0 fully saturated rings. The van der Waals surface area contributed by atoms with Crippen molar-refractivity contribution in [3.8, 4) is 44.6 Å². The molecule has 0 saturated carbocycles. The van der Waals surface area contributed by atoms with Crippen molar-refractivity contribution >= 4 is 32.3 Å². The molecule has 1 aromatic heterocycles. The van der Waals surface area contributed by atoms with Crippen molar-refractivity contribution in [3.05, 3.63) is 157 Å². The van der Waals surface area contributed by atoms with Gasteiger partial charge in [-0.25, -0.2) is 0 Å². The van der Waals surface area contributed by atoms with Crippen LogP contribution in [-0.4, -0.2) is 9.97 Å². The minimum Gasteiger partial charge on any atom is -0.261 e. The highest BCUT2D eigenvalue weighted by molar-refractivity contribution is 6.23. The van der Waals surface area contributed by atoms with Crippen molar-refractivity contribution in [2.75, 3.05) is 0 Å². The molecule has 8 aromatic rings. The maximum absolute atomic E-state index is 4.82. The summed E-state index contributed by atoms with van der Waals surface area (Å²) < 4.78 is 0. The molecular formula is C43H30N2. The van der Waals surface area contributed by atoms with Gasteiger partial charge >= 0.3 is 0 Å². The van der Waals surface area contributed by atoms with Gasteiger partial charge in [-0.1, -0.05) is 135 Å². The number of rotatable bonds is 3. The predicted molar refractivity (Wildman–Crippen MR) is 188 cm³/mol. The van der Waals surface area contributed by atoms with Gasteiger partial charge in [0.15, 0.2) is 0 Å². The summed E-state index contributed by atoms with van der Waals surface area (Å²) in [6, 6.07) is 46.9. The molecule has 0 atom stereocenters. The van der Waals surface area contributed by atoms with E-state index in [4.69, 9.17) is 4.98 Å². The zero-order chi connectivity index (χ0) is 30.1. The zero-order valence-corrected chi connectivity index (χ0v) is 25.3. The van der Waals surface area contributed by atoms with Gasteiger partial charge in [0.1, 0.15) is 0 Å². The molecule has 45 heavy (non-hydrogen) atoms. The van der Waals surface area contributed by atoms with Crippen LogP contribution in [0.25, 0.3) is 77.0 Å². The average Bonchev–Trinajstić information content (AvgIpc) is 3.33. The van der Waals surface area contributed by atoms with E-state index in [2.05, 4.69) is 146 Å². The van der Waals surface area contributed by atoms with Crippen molar-refractivity contribution in [2.45, 2.75) is 19.3 Å². The summed E-state index contributed by atoms with van der Waals surface area (Å²) in [6.07, 6.45) is 5.42. The van der Waals surface area contributed by atoms with Gasteiger partial charge in [0.25, 0.3) is 0 Å². The van der Waals surface area contributed by atoms with E-state index in [1.54, 1.807) is 12.4 Å². The molecule has 0 saturated heterocycles. The molecule has 0 unspecified atom stereocenters. The normalized spacial score (nSPS) is 13.3. The summed E-state index contributed by atoms with van der Waals surface area (Å²) in [4.78, 5) is 9.30. The molecule has 0 aliphatic heterocycles. The number of benzene rings is 7. The first-order valence-electron chi connectivity index (χ1n) is 15.6. The molecule has 7 aromatic carbocycles. The van der Waals surface area contributed by atoms with E-state index in [0.29, 0.717) is 0 Å². The van der Waals surface area contributed by atoms with Gasteiger partial charge in [-0.05, 0) is 82.9 Å². The van der Waals surface area contributed by atoms with E-state index in [-0.39, 0.29) is 5.41 Å². The highest BCUT2D eigenvalue weighted by atomic mass is 14.8. The van der Waals surface area contributed by atoms with Gasteiger partial charge in [-0.15, -0.1) is 0 Å². The van der Waals surface area contributed by atoms with Crippen molar-refractivity contribution in [2.24, 2.45) is 0 Å². The highest BCUT2D eigenvalue weighted by Crippen LogP contribution is 2.54. The van der Waals surface area contributed by atoms with Gasteiger partial charge in [-0.2, -0.15) is 0 Å². The molecule has 9 rings (SSSR count). The highest BCUT2D eigenvalue weighted by Gasteiger charge is 2.37. The number of aromatic nitrogens is 2. The van der Waals surface area contributed by atoms with Crippen LogP contribution in [0.15, 0.2) is 146 Å². The van der Waals surface area contributed by atoms with Crippen LogP contribution in [0.3, 0.4) is 0 Å². The quantitative estimate of drug-likeness (QED) is 0.196. The summed E-state index contributed by atoms with van der Waals surface area (Å²) in [5, 5.41) is 7.30. The monoisotopic (exact) mass is 574 g/mol. The van der Waals surface area contributed by atoms with Crippen LogP contribution in [0.4, 0.5) is 0 Å². The van der Waals surface area contributed by atoms with Crippen molar-refractivity contribution in [3.63, 3.8) is 0 Å². The van der Waals surface area contributed by atoms with Crippen molar-refractivity contribution in [1.82, 2.24) is 9.97 Å². The topological polar surface area (TPSA) is 25.8 Å². The smallest absolute Gasteiger partial charge is 0.0897 e. The van der Waals surface area contributed by atoms with Gasteiger partial charge < -0.3 is 0 Å². The van der Waals surface area contributed by atoms with E-state index in [1.807, 2.05) is 6.20 Å². The Morgan fingerprint density at radius 2 is 1.11 bits per heavy atom. The maximum Gasteiger partial charge on any atom is 0.0897 e. The Bertz CT molecular complexity index is 2450. The largest absolute Gasteiger partial charge is 0.261 e. The van der Waals surface area contributed by atoms with Crippen molar-refractivity contribution in [1.29, 1.82) is 0 Å². The van der Waals surface area contributed by atoms with Crippen LogP contribution in [0.2, 0.25) is 0 Å². The summed E-state index contributed by atoms with van der Waals surface area (Å²) >= 11 is 0. The fraction of sp³-hybridized carbons (Fsp3) is 0.0698. The molecule has 212 valence electrons. The van der Waals surface area contributed by atoms with Crippen LogP contribution in [0.1, 0.15) is 25.0 Å². The second kappa shape index (κ2) is 9.70. The molecule has 2 nitrogen and oxygen atoms in total. The minimum atomic E-state index is -0.0821. The molecule has 1 aliphatic rings. The number of fused-ring (bicyclic) bond motifs is 6. The fourth-order valence-corrected chi connectivity index (χ4v) is 7.78. The lowest BCUT2D eigenvalue weighted by Gasteiger charge is -2.22. The molecule has 1 aliphatic carbocycles. The molecule has 2 heteroatoms. The first-order chi connectivity index (χ1) is 22.1. The van der Waals surface area contributed by atoms with Crippen LogP contribution in [0, 0.1) is 0 Å². The van der Waals surface area contributed by atoms with Crippen LogP contribution in [-0.2, 0) is 5.41 Å². The third-order valence-corrected chi connectivity index (χ3v) is 9.82. The first kappa shape index (κ1) is 25.9. The Morgan fingerprint density at radius 1 is 0.467 bits per heavy atom. The Balaban J connectivity index is 1.46. The zero-order valence-electron chi connectivity index (χ0n) is 25.3. The predicted octanol–water partition coefficient (Wildman–Crippen LogP) is 11.2. The van der Waals surface area contributed by atoms with E-state index >= 15 is 0 Å². The Hall–Kier alpha value is -5.60. The SMILES string of the molecule is CC1(C)c2ccccc2-c2c(-c3c4ccccc4c(-c4cnccn4)c4ccc(-c5cccc6ccccc56)cc34)cccc21. The van der Waals surface area contributed by atoms with Crippen LogP contribution in [0.5, 0.6) is 0 Å². The second-order valence-electron chi connectivity index (χ2n) is 12.6. The lowest BCUT2D eigenvalue weighted by Crippen LogP contribution is -2.14. The number of nitrogens with zero attached hydrogens (tertiary/aromatic N) is 2. The Morgan fingerprint density at radius 3 is 1.96 bits per heavy atom.